The van der Waals surface area contributed by atoms with Crippen molar-refractivity contribution >= 4 is 5.95 Å². The Bertz CT molecular complexity index is 671. The largest absolute Gasteiger partial charge is 0.370 e. The lowest BCUT2D eigenvalue weighted by Gasteiger charge is -2.41. The monoisotopic (exact) mass is 329 g/mol. The summed E-state index contributed by atoms with van der Waals surface area (Å²) in [7, 11) is 0. The molecule has 0 spiro atoms. The van der Waals surface area contributed by atoms with Gasteiger partial charge in [-0.05, 0) is 12.8 Å². The Morgan fingerprint density at radius 2 is 2.17 bits per heavy atom. The van der Waals surface area contributed by atoms with Crippen LogP contribution < -0.4 is 5.32 Å². The highest BCUT2D eigenvalue weighted by Gasteiger charge is 2.36. The number of hydrogen-bond acceptors (Lipinski definition) is 7. The minimum absolute atomic E-state index is 0.243. The van der Waals surface area contributed by atoms with E-state index >= 15 is 0 Å². The molecule has 128 valence electrons. The fourth-order valence-corrected chi connectivity index (χ4v) is 3.41. The summed E-state index contributed by atoms with van der Waals surface area (Å²) in [5, 5.41) is 11.5. The number of likely N-dealkylation sites (tertiary alicyclic amines) is 1. The minimum atomic E-state index is 0.243. The van der Waals surface area contributed by atoms with E-state index in [-0.39, 0.29) is 12.1 Å². The lowest BCUT2D eigenvalue weighted by molar-refractivity contribution is -0.0670. The molecule has 1 fully saturated rings. The van der Waals surface area contributed by atoms with E-state index in [1.807, 2.05) is 17.1 Å². The molecule has 2 aromatic heterocycles. The molecule has 2 atom stereocenters. The van der Waals surface area contributed by atoms with Crippen LogP contribution in [0, 0.1) is 0 Å². The van der Waals surface area contributed by atoms with Crippen molar-refractivity contribution in [1.29, 1.82) is 0 Å². The number of hydrogen-bond donors (Lipinski definition) is 1. The van der Waals surface area contributed by atoms with E-state index in [4.69, 9.17) is 4.74 Å². The van der Waals surface area contributed by atoms with Gasteiger partial charge in [-0.15, -0.1) is 5.10 Å². The summed E-state index contributed by atoms with van der Waals surface area (Å²) in [5.41, 5.74) is 2.19. The second-order valence-corrected chi connectivity index (χ2v) is 6.45. The van der Waals surface area contributed by atoms with Gasteiger partial charge < -0.3 is 10.1 Å². The van der Waals surface area contributed by atoms with Gasteiger partial charge in [-0.1, -0.05) is 12.1 Å². The van der Waals surface area contributed by atoms with Crippen molar-refractivity contribution in [3.63, 3.8) is 0 Å². The Labute approximate surface area is 141 Å². The Morgan fingerprint density at radius 1 is 1.29 bits per heavy atom. The molecule has 4 rings (SSSR count). The molecule has 8 nitrogen and oxygen atoms in total. The number of fused-ring (bicyclic) bond motifs is 3. The Morgan fingerprint density at radius 3 is 3.00 bits per heavy atom. The summed E-state index contributed by atoms with van der Waals surface area (Å²) in [6, 6.07) is 0.247. The number of nitrogens with one attached hydrogen (secondary N) is 1. The third-order valence-corrected chi connectivity index (χ3v) is 4.66. The Kier molecular flexibility index (Phi) is 4.40. The van der Waals surface area contributed by atoms with Crippen LogP contribution in [-0.4, -0.2) is 55.6 Å². The zero-order valence-corrected chi connectivity index (χ0v) is 13.9. The van der Waals surface area contributed by atoms with Crippen LogP contribution in [0.1, 0.15) is 37.1 Å². The molecule has 0 unspecified atom stereocenters. The standard InChI is InChI=1S/C16H23N7O/c1-2-4-17-16-18-6-12(7-19-16)9-22-5-3-15-14(10-22)23-13(11-24-15)8-20-21-23/h6-8,14-15H,2-5,9-11H2,1H3,(H,17,18,19)/t14-,15-/m0/s1. The maximum atomic E-state index is 5.96. The van der Waals surface area contributed by atoms with Crippen LogP contribution in [0.15, 0.2) is 18.6 Å². The van der Waals surface area contributed by atoms with Gasteiger partial charge in [0.25, 0.3) is 0 Å². The number of aromatic nitrogens is 5. The summed E-state index contributed by atoms with van der Waals surface area (Å²) in [4.78, 5) is 11.2. The molecule has 0 aliphatic carbocycles. The average Bonchev–Trinajstić information content (AvgIpc) is 3.10. The lowest BCUT2D eigenvalue weighted by atomic mass is 10.00. The molecule has 4 heterocycles. The van der Waals surface area contributed by atoms with E-state index in [9.17, 15) is 0 Å². The summed E-state index contributed by atoms with van der Waals surface area (Å²) < 4.78 is 7.99. The van der Waals surface area contributed by atoms with Crippen LogP contribution in [0.4, 0.5) is 5.95 Å². The molecule has 2 aromatic rings. The molecular formula is C16H23N7O. The average molecular weight is 329 g/mol. The molecular weight excluding hydrogens is 306 g/mol. The van der Waals surface area contributed by atoms with Gasteiger partial charge in [-0.3, -0.25) is 4.90 Å². The minimum Gasteiger partial charge on any atom is -0.370 e. The van der Waals surface area contributed by atoms with Crippen LogP contribution in [-0.2, 0) is 17.9 Å². The molecule has 0 amide bonds. The predicted molar refractivity (Wildman–Crippen MR) is 88.3 cm³/mol. The first-order chi connectivity index (χ1) is 11.8. The molecule has 1 saturated heterocycles. The number of rotatable bonds is 5. The SMILES string of the molecule is CCCNc1ncc(CN2CC[C@@H]3OCc4cnnn4[C@H]3C2)cn1. The highest BCUT2D eigenvalue weighted by atomic mass is 16.5. The van der Waals surface area contributed by atoms with E-state index in [0.29, 0.717) is 12.6 Å². The van der Waals surface area contributed by atoms with E-state index < -0.39 is 0 Å². The predicted octanol–water partition coefficient (Wildman–Crippen LogP) is 1.24. The van der Waals surface area contributed by atoms with Gasteiger partial charge in [0, 0.05) is 44.1 Å². The Balaban J connectivity index is 1.40. The van der Waals surface area contributed by atoms with E-state index in [2.05, 4.69) is 37.4 Å². The topological polar surface area (TPSA) is 81.0 Å². The zero-order chi connectivity index (χ0) is 16.4. The van der Waals surface area contributed by atoms with Crippen LogP contribution in [0.2, 0.25) is 0 Å². The fourth-order valence-electron chi connectivity index (χ4n) is 3.41. The number of anilines is 1. The van der Waals surface area contributed by atoms with Gasteiger partial charge in [0.15, 0.2) is 0 Å². The van der Waals surface area contributed by atoms with Gasteiger partial charge in [0.05, 0.1) is 30.6 Å². The summed E-state index contributed by atoms with van der Waals surface area (Å²) in [6.45, 7) is 6.42. The smallest absolute Gasteiger partial charge is 0.222 e. The first kappa shape index (κ1) is 15.5. The van der Waals surface area contributed by atoms with Crippen molar-refractivity contribution in [2.24, 2.45) is 0 Å². The van der Waals surface area contributed by atoms with E-state index in [1.165, 1.54) is 0 Å². The van der Waals surface area contributed by atoms with Crippen LogP contribution in [0.5, 0.6) is 0 Å². The molecule has 2 aliphatic heterocycles. The van der Waals surface area contributed by atoms with Gasteiger partial charge in [0.2, 0.25) is 5.95 Å². The van der Waals surface area contributed by atoms with Crippen molar-refractivity contribution in [3.8, 4) is 0 Å². The number of piperidine rings is 1. The molecule has 24 heavy (non-hydrogen) atoms. The molecule has 1 N–H and O–H groups in total. The molecule has 0 aromatic carbocycles. The first-order valence-electron chi connectivity index (χ1n) is 8.61. The third-order valence-electron chi connectivity index (χ3n) is 4.66. The summed E-state index contributed by atoms with van der Waals surface area (Å²) in [5.74, 6) is 0.701. The van der Waals surface area contributed by atoms with Gasteiger partial charge >= 0.3 is 0 Å². The molecule has 2 aliphatic rings. The van der Waals surface area contributed by atoms with Crippen LogP contribution in [0.3, 0.4) is 0 Å². The van der Waals surface area contributed by atoms with Gasteiger partial charge in [-0.2, -0.15) is 0 Å². The molecule has 0 saturated carbocycles. The van der Waals surface area contributed by atoms with Gasteiger partial charge in [-0.25, -0.2) is 14.6 Å². The van der Waals surface area contributed by atoms with Crippen LogP contribution >= 0.6 is 0 Å². The molecule has 0 radical (unpaired) electrons. The Hall–Kier alpha value is -2.06. The van der Waals surface area contributed by atoms with E-state index in [1.54, 1.807) is 6.20 Å². The quantitative estimate of drug-likeness (QED) is 0.883. The highest BCUT2D eigenvalue weighted by Crippen LogP contribution is 2.30. The third kappa shape index (κ3) is 3.11. The van der Waals surface area contributed by atoms with Crippen molar-refractivity contribution in [3.05, 3.63) is 29.8 Å². The summed E-state index contributed by atoms with van der Waals surface area (Å²) >= 11 is 0. The van der Waals surface area contributed by atoms with Crippen LogP contribution in [0.25, 0.3) is 0 Å². The number of nitrogens with zero attached hydrogens (tertiary/aromatic N) is 6. The summed E-state index contributed by atoms with van der Waals surface area (Å²) in [6.07, 6.45) is 7.94. The second-order valence-electron chi connectivity index (χ2n) is 6.45. The second kappa shape index (κ2) is 6.82. The normalized spacial score (nSPS) is 23.5. The lowest BCUT2D eigenvalue weighted by Crippen LogP contribution is -2.47. The van der Waals surface area contributed by atoms with E-state index in [0.717, 1.165) is 50.3 Å². The van der Waals surface area contributed by atoms with Crippen molar-refractivity contribution in [2.75, 3.05) is 25.0 Å². The molecule has 8 heteroatoms. The van der Waals surface area contributed by atoms with Crippen molar-refractivity contribution in [1.82, 2.24) is 29.9 Å². The maximum Gasteiger partial charge on any atom is 0.222 e. The zero-order valence-electron chi connectivity index (χ0n) is 13.9. The van der Waals surface area contributed by atoms with Crippen molar-refractivity contribution < 1.29 is 4.74 Å². The number of ether oxygens (including phenoxy) is 1. The van der Waals surface area contributed by atoms with Gasteiger partial charge in [0.1, 0.15) is 0 Å². The van der Waals surface area contributed by atoms with Crippen molar-refractivity contribution in [2.45, 2.75) is 45.1 Å². The molecule has 0 bridgehead atoms. The highest BCUT2D eigenvalue weighted by molar-refractivity contribution is 5.24. The fraction of sp³-hybridized carbons (Fsp3) is 0.625. The maximum absolute atomic E-state index is 5.96. The first-order valence-corrected chi connectivity index (χ1v) is 8.61.